The van der Waals surface area contributed by atoms with E-state index in [1.807, 2.05) is 19.1 Å². The van der Waals surface area contributed by atoms with Crippen LogP contribution in [0.2, 0.25) is 0 Å². The van der Waals surface area contributed by atoms with Gasteiger partial charge in [-0.3, -0.25) is 9.55 Å². The molecule has 2 rings (SSSR count). The van der Waals surface area contributed by atoms with E-state index in [0.29, 0.717) is 0 Å². The van der Waals surface area contributed by atoms with Crippen LogP contribution in [0.1, 0.15) is 18.5 Å². The minimum Gasteiger partial charge on any atom is -0.313 e. The Kier molecular flexibility index (Phi) is 2.18. The van der Waals surface area contributed by atoms with Crippen molar-refractivity contribution in [3.63, 3.8) is 0 Å². The molecule has 1 N–H and O–H groups in total. The number of aromatic nitrogens is 3. The smallest absolute Gasteiger partial charge is 0.313 e. The molecule has 72 valence electrons. The lowest BCUT2D eigenvalue weighted by Gasteiger charge is -2.11. The summed E-state index contributed by atoms with van der Waals surface area (Å²) in [5.41, 5.74) is 0.926. The third-order valence-corrected chi connectivity index (χ3v) is 2.26. The molecule has 2 aromatic rings. The van der Waals surface area contributed by atoms with Gasteiger partial charge in [-0.2, -0.15) is 0 Å². The van der Waals surface area contributed by atoms with Crippen molar-refractivity contribution >= 4 is 0 Å². The van der Waals surface area contributed by atoms with Gasteiger partial charge in [0.1, 0.15) is 0 Å². The third kappa shape index (κ3) is 1.46. The maximum atomic E-state index is 11.3. The summed E-state index contributed by atoms with van der Waals surface area (Å²) < 4.78 is 1.64. The number of nitrogens with one attached hydrogen (secondary N) is 1. The van der Waals surface area contributed by atoms with Crippen molar-refractivity contribution in [2.24, 2.45) is 0 Å². The van der Waals surface area contributed by atoms with Crippen LogP contribution in [-0.4, -0.2) is 14.5 Å². The van der Waals surface area contributed by atoms with Crippen LogP contribution in [0.3, 0.4) is 0 Å². The van der Waals surface area contributed by atoms with Gasteiger partial charge in [0.05, 0.1) is 6.04 Å². The second kappa shape index (κ2) is 3.49. The Morgan fingerprint density at radius 3 is 3.00 bits per heavy atom. The predicted molar refractivity (Wildman–Crippen MR) is 53.1 cm³/mol. The van der Waals surface area contributed by atoms with E-state index >= 15 is 0 Å². The summed E-state index contributed by atoms with van der Waals surface area (Å²) in [6.45, 7) is 1.96. The van der Waals surface area contributed by atoms with Crippen molar-refractivity contribution in [3.05, 3.63) is 53.0 Å². The van der Waals surface area contributed by atoms with E-state index in [-0.39, 0.29) is 11.7 Å². The number of hydrogen-bond donors (Lipinski definition) is 1. The molecular formula is C10H11N3O. The molecule has 0 aliphatic rings. The van der Waals surface area contributed by atoms with Gasteiger partial charge in [0.25, 0.3) is 0 Å². The second-order valence-corrected chi connectivity index (χ2v) is 3.13. The molecule has 0 spiro atoms. The van der Waals surface area contributed by atoms with Crippen LogP contribution in [0.4, 0.5) is 0 Å². The predicted octanol–water partition coefficient (Wildman–Crippen LogP) is 1.18. The van der Waals surface area contributed by atoms with Gasteiger partial charge >= 0.3 is 5.69 Å². The van der Waals surface area contributed by atoms with E-state index in [1.165, 1.54) is 0 Å². The van der Waals surface area contributed by atoms with Crippen molar-refractivity contribution in [2.45, 2.75) is 13.0 Å². The largest absolute Gasteiger partial charge is 0.326 e. The molecule has 0 saturated carbocycles. The van der Waals surface area contributed by atoms with Crippen LogP contribution in [0.25, 0.3) is 0 Å². The first-order valence-electron chi connectivity index (χ1n) is 4.44. The number of H-pyrrole nitrogens is 1. The molecule has 0 aromatic carbocycles. The highest BCUT2D eigenvalue weighted by atomic mass is 16.1. The fourth-order valence-corrected chi connectivity index (χ4v) is 1.42. The molecule has 4 heteroatoms. The number of imidazole rings is 1. The first kappa shape index (κ1) is 8.74. The fourth-order valence-electron chi connectivity index (χ4n) is 1.42. The summed E-state index contributed by atoms with van der Waals surface area (Å²) in [5, 5.41) is 0. The van der Waals surface area contributed by atoms with Crippen molar-refractivity contribution in [1.82, 2.24) is 14.5 Å². The highest BCUT2D eigenvalue weighted by Gasteiger charge is 2.08. The molecule has 1 unspecified atom stereocenters. The van der Waals surface area contributed by atoms with E-state index in [4.69, 9.17) is 0 Å². The summed E-state index contributed by atoms with van der Waals surface area (Å²) >= 11 is 0. The van der Waals surface area contributed by atoms with E-state index in [1.54, 1.807) is 29.4 Å². The Balaban J connectivity index is 2.39. The van der Waals surface area contributed by atoms with Crippen LogP contribution in [0.15, 0.2) is 41.7 Å². The minimum atomic E-state index is -0.0960. The zero-order chi connectivity index (χ0) is 9.97. The Hall–Kier alpha value is -1.84. The molecule has 4 nitrogen and oxygen atoms in total. The van der Waals surface area contributed by atoms with Gasteiger partial charge in [0, 0.05) is 24.8 Å². The number of hydrogen-bond acceptors (Lipinski definition) is 2. The molecule has 1 atom stereocenters. The maximum absolute atomic E-state index is 11.3. The lowest BCUT2D eigenvalue weighted by molar-refractivity contribution is 0.615. The quantitative estimate of drug-likeness (QED) is 0.771. The first-order chi connectivity index (χ1) is 6.79. The van der Waals surface area contributed by atoms with Crippen LogP contribution in [-0.2, 0) is 0 Å². The molecule has 0 radical (unpaired) electrons. The van der Waals surface area contributed by atoms with Crippen molar-refractivity contribution in [3.8, 4) is 0 Å². The lowest BCUT2D eigenvalue weighted by atomic mass is 10.1. The highest BCUT2D eigenvalue weighted by molar-refractivity contribution is 5.14. The van der Waals surface area contributed by atoms with E-state index < -0.39 is 0 Å². The molecule has 0 saturated heterocycles. The topological polar surface area (TPSA) is 50.7 Å². The molecule has 0 bridgehead atoms. The second-order valence-electron chi connectivity index (χ2n) is 3.13. The maximum Gasteiger partial charge on any atom is 0.326 e. The normalized spacial score (nSPS) is 12.6. The van der Waals surface area contributed by atoms with E-state index in [9.17, 15) is 4.79 Å². The van der Waals surface area contributed by atoms with Gasteiger partial charge < -0.3 is 4.98 Å². The summed E-state index contributed by atoms with van der Waals surface area (Å²) in [6.07, 6.45) is 6.86. The number of rotatable bonds is 2. The molecule has 0 amide bonds. The Bertz CT molecular complexity index is 457. The van der Waals surface area contributed by atoms with Gasteiger partial charge in [-0.15, -0.1) is 0 Å². The Morgan fingerprint density at radius 1 is 1.57 bits per heavy atom. The molecule has 0 aliphatic carbocycles. The highest BCUT2D eigenvalue weighted by Crippen LogP contribution is 2.13. The molecule has 2 heterocycles. The first-order valence-corrected chi connectivity index (χ1v) is 4.44. The monoisotopic (exact) mass is 189 g/mol. The summed E-state index contributed by atoms with van der Waals surface area (Å²) in [4.78, 5) is 17.9. The van der Waals surface area contributed by atoms with Crippen molar-refractivity contribution in [2.75, 3.05) is 0 Å². The zero-order valence-electron chi connectivity index (χ0n) is 7.84. The van der Waals surface area contributed by atoms with Crippen LogP contribution >= 0.6 is 0 Å². The van der Waals surface area contributed by atoms with Gasteiger partial charge in [-0.1, -0.05) is 6.07 Å². The standard InChI is InChI=1S/C10H11N3O/c1-8(9-3-2-4-11-7-9)13-6-5-12-10(13)14/h2-8H,1H3,(H,12,14). The van der Waals surface area contributed by atoms with Gasteiger partial charge in [-0.25, -0.2) is 4.79 Å². The van der Waals surface area contributed by atoms with Gasteiger partial charge in [0.15, 0.2) is 0 Å². The molecular weight excluding hydrogens is 178 g/mol. The molecule has 0 fully saturated rings. The van der Waals surface area contributed by atoms with E-state index in [0.717, 1.165) is 5.56 Å². The summed E-state index contributed by atoms with van der Waals surface area (Å²) in [6, 6.07) is 3.84. The van der Waals surface area contributed by atoms with Crippen LogP contribution in [0.5, 0.6) is 0 Å². The molecule has 0 aliphatic heterocycles. The van der Waals surface area contributed by atoms with Crippen molar-refractivity contribution in [1.29, 1.82) is 0 Å². The SMILES string of the molecule is CC(c1cccnc1)n1cc[nH]c1=O. The average Bonchev–Trinajstić information content (AvgIpc) is 2.65. The van der Waals surface area contributed by atoms with Crippen molar-refractivity contribution < 1.29 is 0 Å². The third-order valence-electron chi connectivity index (χ3n) is 2.26. The van der Waals surface area contributed by atoms with Crippen LogP contribution < -0.4 is 5.69 Å². The average molecular weight is 189 g/mol. The zero-order valence-corrected chi connectivity index (χ0v) is 7.84. The van der Waals surface area contributed by atoms with Crippen LogP contribution in [0, 0.1) is 0 Å². The molecule has 2 aromatic heterocycles. The fraction of sp³-hybridized carbons (Fsp3) is 0.200. The molecule has 14 heavy (non-hydrogen) atoms. The van der Waals surface area contributed by atoms with E-state index in [2.05, 4.69) is 9.97 Å². The number of pyridine rings is 1. The summed E-state index contributed by atoms with van der Waals surface area (Å²) in [7, 11) is 0. The number of aromatic amines is 1. The van der Waals surface area contributed by atoms with Gasteiger partial charge in [0.2, 0.25) is 0 Å². The lowest BCUT2D eigenvalue weighted by Crippen LogP contribution is -2.20. The summed E-state index contributed by atoms with van der Waals surface area (Å²) in [5.74, 6) is 0. The Labute approximate surface area is 81.2 Å². The number of nitrogens with zero attached hydrogens (tertiary/aromatic N) is 2. The Morgan fingerprint density at radius 2 is 2.43 bits per heavy atom. The van der Waals surface area contributed by atoms with Gasteiger partial charge in [-0.05, 0) is 18.6 Å². The minimum absolute atomic E-state index is 0.0162.